The van der Waals surface area contributed by atoms with Gasteiger partial charge < -0.3 is 16.4 Å². The molecule has 0 aliphatic carbocycles. The molecule has 3 aromatic carbocycles. The molecular formula is C30H33F6N5O3S. The van der Waals surface area contributed by atoms with Crippen LogP contribution in [0, 0.1) is 17.5 Å². The number of benzene rings is 3. The standard InChI is InChI=1S/C30H33F6N5O3S/c1-40(18-30(34,35)36)45(43,44)41-16-15-38-17-23(41)13-14-24-25(33)3-2-4-26(24)39-28(29(37)42)27(19-5-9-21(31)10-6-19)20-7-11-22(32)12-8-20/h2-12,23,27-28,38-39H,13-18H2,1H3,(H2,37,42)/t23-,28-/m0/s1. The van der Waals surface area contributed by atoms with Crippen molar-refractivity contribution in [1.82, 2.24) is 13.9 Å². The summed E-state index contributed by atoms with van der Waals surface area (Å²) in [6.45, 7) is -1.41. The van der Waals surface area contributed by atoms with E-state index in [1.54, 1.807) is 0 Å². The summed E-state index contributed by atoms with van der Waals surface area (Å²) in [5.74, 6) is -3.41. The van der Waals surface area contributed by atoms with Gasteiger partial charge in [-0.2, -0.15) is 30.2 Å². The molecule has 0 radical (unpaired) electrons. The van der Waals surface area contributed by atoms with Gasteiger partial charge in [0.1, 0.15) is 30.0 Å². The van der Waals surface area contributed by atoms with Crippen molar-refractivity contribution in [2.24, 2.45) is 5.73 Å². The van der Waals surface area contributed by atoms with E-state index in [0.29, 0.717) is 11.1 Å². The van der Waals surface area contributed by atoms with Gasteiger partial charge in [0.15, 0.2) is 0 Å². The fourth-order valence-electron chi connectivity index (χ4n) is 5.47. The van der Waals surface area contributed by atoms with Gasteiger partial charge in [-0.05, 0) is 60.4 Å². The molecule has 1 saturated heterocycles. The van der Waals surface area contributed by atoms with Crippen LogP contribution in [0.25, 0.3) is 0 Å². The Balaban J connectivity index is 1.63. The van der Waals surface area contributed by atoms with Crippen molar-refractivity contribution in [2.75, 3.05) is 38.5 Å². The summed E-state index contributed by atoms with van der Waals surface area (Å²) in [5.41, 5.74) is 7.02. The van der Waals surface area contributed by atoms with Crippen molar-refractivity contribution in [2.45, 2.75) is 37.0 Å². The summed E-state index contributed by atoms with van der Waals surface area (Å²) in [7, 11) is -3.64. The highest BCUT2D eigenvalue weighted by atomic mass is 32.2. The van der Waals surface area contributed by atoms with Crippen LogP contribution >= 0.6 is 0 Å². The predicted molar refractivity (Wildman–Crippen MR) is 157 cm³/mol. The minimum Gasteiger partial charge on any atom is -0.373 e. The molecule has 8 nitrogen and oxygen atoms in total. The van der Waals surface area contributed by atoms with Crippen LogP contribution in [0.2, 0.25) is 0 Å². The molecule has 45 heavy (non-hydrogen) atoms. The molecule has 0 spiro atoms. The Morgan fingerprint density at radius 3 is 2.13 bits per heavy atom. The summed E-state index contributed by atoms with van der Waals surface area (Å²) >= 11 is 0. The smallest absolute Gasteiger partial charge is 0.373 e. The van der Waals surface area contributed by atoms with E-state index >= 15 is 4.39 Å². The van der Waals surface area contributed by atoms with Gasteiger partial charge in [0.25, 0.3) is 10.2 Å². The first kappa shape index (κ1) is 34.2. The Labute approximate surface area is 257 Å². The van der Waals surface area contributed by atoms with E-state index in [0.717, 1.165) is 11.4 Å². The number of nitrogens with one attached hydrogen (secondary N) is 2. The number of alkyl halides is 3. The van der Waals surface area contributed by atoms with Crippen LogP contribution in [-0.2, 0) is 21.4 Å². The van der Waals surface area contributed by atoms with Crippen molar-refractivity contribution in [3.05, 3.63) is 101 Å². The van der Waals surface area contributed by atoms with E-state index < -0.39 is 64.3 Å². The zero-order valence-electron chi connectivity index (χ0n) is 24.2. The normalized spacial score (nSPS) is 17.0. The third-order valence-electron chi connectivity index (χ3n) is 7.64. The molecule has 1 aliphatic rings. The molecular weight excluding hydrogens is 624 g/mol. The van der Waals surface area contributed by atoms with Crippen LogP contribution in [0.5, 0.6) is 0 Å². The topological polar surface area (TPSA) is 108 Å². The lowest BCUT2D eigenvalue weighted by Crippen LogP contribution is -2.57. The Morgan fingerprint density at radius 1 is 1.02 bits per heavy atom. The van der Waals surface area contributed by atoms with Crippen molar-refractivity contribution >= 4 is 21.8 Å². The molecule has 1 amide bonds. The van der Waals surface area contributed by atoms with Crippen molar-refractivity contribution in [3.8, 4) is 0 Å². The molecule has 1 fully saturated rings. The predicted octanol–water partition coefficient (Wildman–Crippen LogP) is 4.15. The van der Waals surface area contributed by atoms with E-state index in [-0.39, 0.29) is 48.0 Å². The number of hydrogen-bond acceptors (Lipinski definition) is 5. The summed E-state index contributed by atoms with van der Waals surface area (Å²) in [4.78, 5) is 12.9. The molecule has 244 valence electrons. The van der Waals surface area contributed by atoms with Crippen LogP contribution in [-0.4, -0.2) is 74.4 Å². The maximum atomic E-state index is 15.3. The number of carbonyl (C=O) groups is 1. The SMILES string of the molecule is CN(CC(F)(F)F)S(=O)(=O)N1CCNC[C@@H]1CCc1c(F)cccc1N[C@H](C(N)=O)C(c1ccc(F)cc1)c1ccc(F)cc1. The van der Waals surface area contributed by atoms with Crippen molar-refractivity contribution in [3.63, 3.8) is 0 Å². The third-order valence-corrected chi connectivity index (χ3v) is 9.63. The van der Waals surface area contributed by atoms with E-state index in [4.69, 9.17) is 5.73 Å². The minimum absolute atomic E-state index is 0.0301. The summed E-state index contributed by atoms with van der Waals surface area (Å²) in [6, 6.07) is 12.6. The first-order chi connectivity index (χ1) is 21.2. The highest BCUT2D eigenvalue weighted by Gasteiger charge is 2.40. The summed E-state index contributed by atoms with van der Waals surface area (Å²) in [5, 5.41) is 6.03. The van der Waals surface area contributed by atoms with Gasteiger partial charge in [-0.3, -0.25) is 4.79 Å². The number of primary amides is 1. The average molecular weight is 658 g/mol. The maximum Gasteiger partial charge on any atom is 0.402 e. The molecule has 15 heteroatoms. The Bertz CT molecular complexity index is 1530. The van der Waals surface area contributed by atoms with Crippen molar-refractivity contribution < 1.29 is 39.6 Å². The lowest BCUT2D eigenvalue weighted by Gasteiger charge is -2.37. The molecule has 1 heterocycles. The minimum atomic E-state index is -4.74. The second-order valence-electron chi connectivity index (χ2n) is 10.8. The van der Waals surface area contributed by atoms with Gasteiger partial charge in [0.05, 0.1) is 0 Å². The van der Waals surface area contributed by atoms with Crippen LogP contribution in [0.3, 0.4) is 0 Å². The van der Waals surface area contributed by atoms with Crippen LogP contribution in [0.4, 0.5) is 32.0 Å². The fourth-order valence-corrected chi connectivity index (χ4v) is 7.01. The molecule has 0 saturated carbocycles. The molecule has 2 atom stereocenters. The van der Waals surface area contributed by atoms with Crippen molar-refractivity contribution in [1.29, 1.82) is 0 Å². The number of carbonyl (C=O) groups excluding carboxylic acids is 1. The maximum absolute atomic E-state index is 15.3. The summed E-state index contributed by atoms with van der Waals surface area (Å²) in [6.07, 6.45) is -4.77. The van der Waals surface area contributed by atoms with E-state index in [1.165, 1.54) is 66.7 Å². The number of anilines is 1. The lowest BCUT2D eigenvalue weighted by atomic mass is 9.84. The third kappa shape index (κ3) is 8.54. The first-order valence-corrected chi connectivity index (χ1v) is 15.4. The molecule has 0 bridgehead atoms. The van der Waals surface area contributed by atoms with Gasteiger partial charge in [0.2, 0.25) is 5.91 Å². The van der Waals surface area contributed by atoms with Crippen LogP contribution in [0.1, 0.15) is 29.0 Å². The Hall–Kier alpha value is -3.66. The number of amides is 1. The average Bonchev–Trinajstić information content (AvgIpc) is 2.97. The number of rotatable bonds is 12. The monoisotopic (exact) mass is 657 g/mol. The second-order valence-corrected chi connectivity index (χ2v) is 12.7. The number of halogens is 6. The van der Waals surface area contributed by atoms with Gasteiger partial charge in [0, 0.05) is 49.9 Å². The quantitative estimate of drug-likeness (QED) is 0.254. The summed E-state index contributed by atoms with van der Waals surface area (Å²) < 4.78 is 109. The largest absolute Gasteiger partial charge is 0.402 e. The van der Waals surface area contributed by atoms with E-state index in [2.05, 4.69) is 10.6 Å². The number of piperazine rings is 1. The molecule has 0 aromatic heterocycles. The van der Waals surface area contributed by atoms with E-state index in [1.807, 2.05) is 0 Å². The highest BCUT2D eigenvalue weighted by molar-refractivity contribution is 7.86. The number of nitrogens with zero attached hydrogens (tertiary/aromatic N) is 2. The first-order valence-electron chi connectivity index (χ1n) is 14.0. The van der Waals surface area contributed by atoms with Crippen LogP contribution < -0.4 is 16.4 Å². The fraction of sp³-hybridized carbons (Fsp3) is 0.367. The Kier molecular flexibility index (Phi) is 10.8. The Morgan fingerprint density at radius 2 is 1.60 bits per heavy atom. The number of nitrogens with two attached hydrogens (primary N) is 1. The lowest BCUT2D eigenvalue weighted by molar-refractivity contribution is -0.134. The second kappa shape index (κ2) is 14.2. The van der Waals surface area contributed by atoms with Gasteiger partial charge in [-0.1, -0.05) is 30.3 Å². The van der Waals surface area contributed by atoms with Gasteiger partial charge >= 0.3 is 6.18 Å². The van der Waals surface area contributed by atoms with Crippen LogP contribution in [0.15, 0.2) is 66.7 Å². The zero-order valence-corrected chi connectivity index (χ0v) is 25.0. The zero-order chi connectivity index (χ0) is 32.9. The number of hydrogen-bond donors (Lipinski definition) is 3. The van der Waals surface area contributed by atoms with Gasteiger partial charge in [-0.15, -0.1) is 0 Å². The molecule has 0 unspecified atom stereocenters. The molecule has 4 N–H and O–H groups in total. The van der Waals surface area contributed by atoms with Gasteiger partial charge in [-0.25, -0.2) is 13.2 Å². The molecule has 3 aromatic rings. The highest BCUT2D eigenvalue weighted by Crippen LogP contribution is 2.33. The molecule has 1 aliphatic heterocycles. The molecule has 4 rings (SSSR count). The van der Waals surface area contributed by atoms with E-state index in [9.17, 15) is 35.2 Å².